The zero-order valence-electron chi connectivity index (χ0n) is 15.1. The van der Waals surface area contributed by atoms with Gasteiger partial charge in [0.2, 0.25) is 0 Å². The third-order valence-corrected chi connectivity index (χ3v) is 5.12. The number of fused-ring (bicyclic) bond motifs is 1. The second kappa shape index (κ2) is 7.12. The number of pyridine rings is 2. The Morgan fingerprint density at radius 1 is 1.00 bits per heavy atom. The lowest BCUT2D eigenvalue weighted by Crippen LogP contribution is -2.18. The van der Waals surface area contributed by atoms with Crippen molar-refractivity contribution in [3.63, 3.8) is 0 Å². The fraction of sp³-hybridized carbons (Fsp3) is 0.333. The first-order valence-corrected chi connectivity index (χ1v) is 9.39. The predicted octanol–water partition coefficient (Wildman–Crippen LogP) is 5.08. The Bertz CT molecular complexity index is 951. The molecule has 0 aliphatic carbocycles. The van der Waals surface area contributed by atoms with Crippen LogP contribution in [0.4, 0.5) is 5.69 Å². The topological polar surface area (TPSA) is 38.2 Å². The molecule has 3 aromatic rings. The van der Waals surface area contributed by atoms with Crippen molar-refractivity contribution >= 4 is 28.2 Å². The van der Waals surface area contributed by atoms with Crippen LogP contribution in [0.2, 0.25) is 5.15 Å². The summed E-state index contributed by atoms with van der Waals surface area (Å²) in [4.78, 5) is 11.4. The summed E-state index contributed by atoms with van der Waals surface area (Å²) in [5.74, 6) is 0.791. The first-order chi connectivity index (χ1) is 12.6. The molecular formula is C21H22ClN3O. The van der Waals surface area contributed by atoms with Crippen LogP contribution in [-0.4, -0.2) is 23.1 Å². The molecule has 1 saturated heterocycles. The summed E-state index contributed by atoms with van der Waals surface area (Å²) < 4.78 is 5.95. The highest BCUT2D eigenvalue weighted by Crippen LogP contribution is 2.31. The Balaban J connectivity index is 1.61. The first kappa shape index (κ1) is 17.1. The molecule has 0 atom stereocenters. The number of rotatable bonds is 4. The van der Waals surface area contributed by atoms with Crippen LogP contribution in [0.15, 0.2) is 36.4 Å². The molecule has 134 valence electrons. The Labute approximate surface area is 158 Å². The lowest BCUT2D eigenvalue weighted by molar-refractivity contribution is 0.306. The molecule has 0 N–H and O–H groups in total. The molecule has 5 heteroatoms. The minimum Gasteiger partial charge on any atom is -0.489 e. The number of aryl methyl sites for hydroxylation is 2. The molecule has 0 saturated carbocycles. The molecule has 2 aromatic heterocycles. The van der Waals surface area contributed by atoms with Gasteiger partial charge in [-0.05, 0) is 51.0 Å². The molecule has 1 aliphatic rings. The van der Waals surface area contributed by atoms with Gasteiger partial charge in [-0.2, -0.15) is 0 Å². The second-order valence-corrected chi connectivity index (χ2v) is 7.21. The van der Waals surface area contributed by atoms with Crippen molar-refractivity contribution in [1.29, 1.82) is 0 Å². The van der Waals surface area contributed by atoms with Crippen LogP contribution < -0.4 is 9.64 Å². The molecule has 4 rings (SSSR count). The molecule has 0 radical (unpaired) electrons. The number of benzene rings is 1. The van der Waals surface area contributed by atoms with Crippen molar-refractivity contribution in [2.45, 2.75) is 33.3 Å². The van der Waals surface area contributed by atoms with Crippen molar-refractivity contribution in [1.82, 2.24) is 9.97 Å². The van der Waals surface area contributed by atoms with Crippen LogP contribution in [-0.2, 0) is 6.61 Å². The highest BCUT2D eigenvalue weighted by atomic mass is 35.5. The highest BCUT2D eigenvalue weighted by Gasteiger charge is 2.16. The summed E-state index contributed by atoms with van der Waals surface area (Å²) in [6.07, 6.45) is 2.52. The molecule has 3 heterocycles. The Morgan fingerprint density at radius 3 is 2.58 bits per heavy atom. The standard InChI is InChI=1S/C21H22ClN3O/c1-14-5-6-16(21(22)24-14)13-26-17-7-8-18-19(12-17)23-15(2)11-20(18)25-9-3-4-10-25/h5-8,11-12H,3-4,9-10,13H2,1-2H3. The number of anilines is 1. The number of hydrogen-bond acceptors (Lipinski definition) is 4. The molecule has 1 aromatic carbocycles. The Morgan fingerprint density at radius 2 is 1.81 bits per heavy atom. The number of nitrogens with zero attached hydrogens (tertiary/aromatic N) is 3. The van der Waals surface area contributed by atoms with E-state index in [-0.39, 0.29) is 0 Å². The molecule has 0 spiro atoms. The van der Waals surface area contributed by atoms with E-state index in [2.05, 4.69) is 22.0 Å². The number of halogens is 1. The SMILES string of the molecule is Cc1ccc(COc2ccc3c(N4CCCC4)cc(C)nc3c2)c(Cl)n1. The average molecular weight is 368 g/mol. The molecule has 0 amide bonds. The molecular weight excluding hydrogens is 346 g/mol. The normalized spacial score (nSPS) is 14.2. The van der Waals surface area contributed by atoms with Crippen LogP contribution in [0, 0.1) is 13.8 Å². The molecule has 0 bridgehead atoms. The van der Waals surface area contributed by atoms with Crippen molar-refractivity contribution in [3.05, 3.63) is 58.5 Å². The van der Waals surface area contributed by atoms with Crippen LogP contribution >= 0.6 is 11.6 Å². The van der Waals surface area contributed by atoms with E-state index >= 15 is 0 Å². The fourth-order valence-electron chi connectivity index (χ4n) is 3.45. The van der Waals surface area contributed by atoms with E-state index in [1.165, 1.54) is 23.9 Å². The van der Waals surface area contributed by atoms with Crippen molar-refractivity contribution in [3.8, 4) is 5.75 Å². The van der Waals surface area contributed by atoms with E-state index in [1.54, 1.807) is 0 Å². The quantitative estimate of drug-likeness (QED) is 0.603. The number of hydrogen-bond donors (Lipinski definition) is 0. The van der Waals surface area contributed by atoms with E-state index in [1.807, 2.05) is 38.1 Å². The van der Waals surface area contributed by atoms with E-state index in [9.17, 15) is 0 Å². The third kappa shape index (κ3) is 3.47. The van der Waals surface area contributed by atoms with Crippen LogP contribution in [0.1, 0.15) is 29.8 Å². The van der Waals surface area contributed by atoms with Gasteiger partial charge in [-0.25, -0.2) is 4.98 Å². The van der Waals surface area contributed by atoms with Gasteiger partial charge in [0.05, 0.1) is 5.52 Å². The van der Waals surface area contributed by atoms with E-state index in [4.69, 9.17) is 21.3 Å². The van der Waals surface area contributed by atoms with Crippen LogP contribution in [0.25, 0.3) is 10.9 Å². The monoisotopic (exact) mass is 367 g/mol. The maximum absolute atomic E-state index is 6.20. The third-order valence-electron chi connectivity index (χ3n) is 4.79. The van der Waals surface area contributed by atoms with Gasteiger partial charge in [0.1, 0.15) is 17.5 Å². The summed E-state index contributed by atoms with van der Waals surface area (Å²) >= 11 is 6.20. The molecule has 1 aliphatic heterocycles. The molecule has 1 fully saturated rings. The highest BCUT2D eigenvalue weighted by molar-refractivity contribution is 6.30. The van der Waals surface area contributed by atoms with Gasteiger partial charge in [-0.15, -0.1) is 0 Å². The Kier molecular flexibility index (Phi) is 4.68. The van der Waals surface area contributed by atoms with Gasteiger partial charge < -0.3 is 9.64 Å². The predicted molar refractivity (Wildman–Crippen MR) is 106 cm³/mol. The smallest absolute Gasteiger partial charge is 0.135 e. The summed E-state index contributed by atoms with van der Waals surface area (Å²) in [5.41, 5.74) is 5.06. The van der Waals surface area contributed by atoms with Gasteiger partial charge in [0.25, 0.3) is 0 Å². The van der Waals surface area contributed by atoms with Crippen molar-refractivity contribution in [2.75, 3.05) is 18.0 Å². The molecule has 26 heavy (non-hydrogen) atoms. The minimum atomic E-state index is 0.391. The van der Waals surface area contributed by atoms with Gasteiger partial charge >= 0.3 is 0 Å². The van der Waals surface area contributed by atoms with Crippen LogP contribution in [0.3, 0.4) is 0 Å². The summed E-state index contributed by atoms with van der Waals surface area (Å²) in [6, 6.07) is 12.2. The van der Waals surface area contributed by atoms with Gasteiger partial charge in [0, 0.05) is 47.2 Å². The van der Waals surface area contributed by atoms with E-state index in [0.29, 0.717) is 11.8 Å². The maximum Gasteiger partial charge on any atom is 0.135 e. The Hall–Kier alpha value is -2.33. The van der Waals surface area contributed by atoms with E-state index < -0.39 is 0 Å². The lowest BCUT2D eigenvalue weighted by atomic mass is 10.1. The van der Waals surface area contributed by atoms with Gasteiger partial charge in [0.15, 0.2) is 0 Å². The van der Waals surface area contributed by atoms with E-state index in [0.717, 1.165) is 41.3 Å². The zero-order chi connectivity index (χ0) is 18.1. The van der Waals surface area contributed by atoms with Crippen molar-refractivity contribution in [2.24, 2.45) is 0 Å². The lowest BCUT2D eigenvalue weighted by Gasteiger charge is -2.20. The largest absolute Gasteiger partial charge is 0.489 e. The zero-order valence-corrected chi connectivity index (χ0v) is 15.9. The van der Waals surface area contributed by atoms with Gasteiger partial charge in [-0.3, -0.25) is 4.98 Å². The molecule has 4 nitrogen and oxygen atoms in total. The van der Waals surface area contributed by atoms with Crippen LogP contribution in [0.5, 0.6) is 5.75 Å². The summed E-state index contributed by atoms with van der Waals surface area (Å²) in [5, 5.41) is 1.68. The maximum atomic E-state index is 6.20. The number of ether oxygens (including phenoxy) is 1. The fourth-order valence-corrected chi connectivity index (χ4v) is 3.70. The summed E-state index contributed by atoms with van der Waals surface area (Å²) in [6.45, 7) is 6.60. The first-order valence-electron chi connectivity index (χ1n) is 9.01. The van der Waals surface area contributed by atoms with Crippen molar-refractivity contribution < 1.29 is 4.74 Å². The molecule has 0 unspecified atom stereocenters. The minimum absolute atomic E-state index is 0.391. The van der Waals surface area contributed by atoms with Gasteiger partial charge in [-0.1, -0.05) is 17.7 Å². The second-order valence-electron chi connectivity index (χ2n) is 6.85. The summed E-state index contributed by atoms with van der Waals surface area (Å²) in [7, 11) is 0. The average Bonchev–Trinajstić information content (AvgIpc) is 3.14. The number of aromatic nitrogens is 2.